The maximum Gasteiger partial charge on any atom is 0.253 e. The molecule has 0 aromatic heterocycles. The van der Waals surface area contributed by atoms with E-state index in [2.05, 4.69) is 4.72 Å². The lowest BCUT2D eigenvalue weighted by Crippen LogP contribution is -2.31. The molecule has 2 aromatic rings. The number of carbonyl (C=O) groups is 1. The van der Waals surface area contributed by atoms with Crippen molar-refractivity contribution in [2.45, 2.75) is 4.90 Å². The minimum absolute atomic E-state index is 0.0608. The van der Waals surface area contributed by atoms with Crippen molar-refractivity contribution in [3.8, 4) is 5.75 Å². The number of hydrogen-bond donors (Lipinski definition) is 1. The van der Waals surface area contributed by atoms with Crippen LogP contribution in [-0.4, -0.2) is 59.7 Å². The van der Waals surface area contributed by atoms with Gasteiger partial charge in [0.05, 0.1) is 18.0 Å². The predicted molar refractivity (Wildman–Crippen MR) is 102 cm³/mol. The minimum Gasteiger partial charge on any atom is -0.489 e. The van der Waals surface area contributed by atoms with E-state index in [1.807, 2.05) is 0 Å². The Morgan fingerprint density at radius 2 is 1.79 bits per heavy atom. The highest BCUT2D eigenvalue weighted by Crippen LogP contribution is 2.15. The van der Waals surface area contributed by atoms with E-state index in [4.69, 9.17) is 9.47 Å². The number of nitrogens with zero attached hydrogens (tertiary/aromatic N) is 1. The molecule has 0 spiro atoms. The Morgan fingerprint density at radius 3 is 2.43 bits per heavy atom. The standard InChI is InChI=1S/C19H23FN2O5S/c1-22(12-14-27-18-6-4-3-5-17(18)20)19(23)15-7-9-16(10-8-15)28(24,25)21-11-13-26-2/h3-10,21H,11-14H2,1-2H3. The zero-order valence-electron chi connectivity index (χ0n) is 15.7. The second kappa shape index (κ2) is 10.2. The van der Waals surface area contributed by atoms with Crippen LogP contribution in [0, 0.1) is 5.82 Å². The highest BCUT2D eigenvalue weighted by atomic mass is 32.2. The molecule has 152 valence electrons. The molecule has 1 N–H and O–H groups in total. The maximum atomic E-state index is 13.5. The molecule has 9 heteroatoms. The van der Waals surface area contributed by atoms with Gasteiger partial charge in [0.2, 0.25) is 10.0 Å². The van der Waals surface area contributed by atoms with Crippen LogP contribution in [0.2, 0.25) is 0 Å². The first kappa shape index (κ1) is 21.8. The van der Waals surface area contributed by atoms with Gasteiger partial charge in [0, 0.05) is 26.3 Å². The summed E-state index contributed by atoms with van der Waals surface area (Å²) in [5.74, 6) is -0.639. The molecule has 0 saturated carbocycles. The highest BCUT2D eigenvalue weighted by Gasteiger charge is 2.16. The zero-order chi connectivity index (χ0) is 20.6. The molecule has 0 aliphatic rings. The van der Waals surface area contributed by atoms with Crippen molar-refractivity contribution in [1.82, 2.24) is 9.62 Å². The van der Waals surface area contributed by atoms with Gasteiger partial charge >= 0.3 is 0 Å². The van der Waals surface area contributed by atoms with Crippen LogP contribution >= 0.6 is 0 Å². The second-order valence-corrected chi connectivity index (χ2v) is 7.69. The Labute approximate surface area is 164 Å². The largest absolute Gasteiger partial charge is 0.489 e. The number of amides is 1. The minimum atomic E-state index is -3.65. The van der Waals surface area contributed by atoms with Gasteiger partial charge in [-0.3, -0.25) is 4.79 Å². The van der Waals surface area contributed by atoms with Gasteiger partial charge in [0.25, 0.3) is 5.91 Å². The van der Waals surface area contributed by atoms with Crippen LogP contribution < -0.4 is 9.46 Å². The van der Waals surface area contributed by atoms with Gasteiger partial charge in [-0.2, -0.15) is 0 Å². The molecule has 0 saturated heterocycles. The van der Waals surface area contributed by atoms with E-state index in [1.165, 1.54) is 48.4 Å². The van der Waals surface area contributed by atoms with Gasteiger partial charge < -0.3 is 14.4 Å². The Kier molecular flexibility index (Phi) is 7.91. The number of para-hydroxylation sites is 1. The Hall–Kier alpha value is -2.49. The van der Waals surface area contributed by atoms with Crippen molar-refractivity contribution in [2.24, 2.45) is 0 Å². The predicted octanol–water partition coefficient (Wildman–Crippen LogP) is 1.90. The van der Waals surface area contributed by atoms with E-state index in [-0.39, 0.29) is 42.9 Å². The van der Waals surface area contributed by atoms with Crippen molar-refractivity contribution >= 4 is 15.9 Å². The lowest BCUT2D eigenvalue weighted by atomic mass is 10.2. The summed E-state index contributed by atoms with van der Waals surface area (Å²) >= 11 is 0. The zero-order valence-corrected chi connectivity index (χ0v) is 16.5. The van der Waals surface area contributed by atoms with E-state index < -0.39 is 15.8 Å². The molecular weight excluding hydrogens is 387 g/mol. The van der Waals surface area contributed by atoms with Gasteiger partial charge in [0.1, 0.15) is 6.61 Å². The normalized spacial score (nSPS) is 11.2. The summed E-state index contributed by atoms with van der Waals surface area (Å²) in [5.41, 5.74) is 0.337. The molecule has 0 bridgehead atoms. The van der Waals surface area contributed by atoms with E-state index in [9.17, 15) is 17.6 Å². The number of rotatable bonds is 10. The molecule has 2 aromatic carbocycles. The van der Waals surface area contributed by atoms with E-state index in [0.717, 1.165) is 0 Å². The third-order valence-electron chi connectivity index (χ3n) is 3.88. The number of sulfonamides is 1. The van der Waals surface area contributed by atoms with Crippen LogP contribution in [0.1, 0.15) is 10.4 Å². The van der Waals surface area contributed by atoms with Crippen molar-refractivity contribution < 1.29 is 27.1 Å². The Bertz CT molecular complexity index is 887. The summed E-state index contributed by atoms with van der Waals surface area (Å²) in [7, 11) is -0.588. The quantitative estimate of drug-likeness (QED) is 0.605. The van der Waals surface area contributed by atoms with Gasteiger partial charge in [-0.15, -0.1) is 0 Å². The van der Waals surface area contributed by atoms with E-state index >= 15 is 0 Å². The third kappa shape index (κ3) is 6.01. The summed E-state index contributed by atoms with van der Waals surface area (Å²) in [4.78, 5) is 13.9. The summed E-state index contributed by atoms with van der Waals surface area (Å²) < 4.78 is 50.3. The molecule has 0 heterocycles. The molecule has 0 atom stereocenters. The number of halogens is 1. The average Bonchev–Trinajstić information content (AvgIpc) is 2.69. The van der Waals surface area contributed by atoms with Crippen molar-refractivity contribution in [3.05, 3.63) is 59.9 Å². The summed E-state index contributed by atoms with van der Waals surface area (Å²) in [6, 6.07) is 11.7. The number of carbonyl (C=O) groups excluding carboxylic acids is 1. The van der Waals surface area contributed by atoms with Crippen LogP contribution in [-0.2, 0) is 14.8 Å². The number of likely N-dealkylation sites (N-methyl/N-ethyl adjacent to an activating group) is 1. The van der Waals surface area contributed by atoms with Crippen LogP contribution in [0.15, 0.2) is 53.4 Å². The number of benzene rings is 2. The molecule has 0 aliphatic heterocycles. The first-order chi connectivity index (χ1) is 13.3. The molecule has 0 fully saturated rings. The lowest BCUT2D eigenvalue weighted by molar-refractivity contribution is 0.0773. The van der Waals surface area contributed by atoms with Crippen molar-refractivity contribution in [3.63, 3.8) is 0 Å². The van der Waals surface area contributed by atoms with Gasteiger partial charge in [-0.05, 0) is 36.4 Å². The fourth-order valence-corrected chi connectivity index (χ4v) is 3.33. The Balaban J connectivity index is 1.91. The second-order valence-electron chi connectivity index (χ2n) is 5.92. The number of nitrogens with one attached hydrogen (secondary N) is 1. The SMILES string of the molecule is COCCNS(=O)(=O)c1ccc(C(=O)N(C)CCOc2ccccc2F)cc1. The van der Waals surface area contributed by atoms with Crippen LogP contribution in [0.3, 0.4) is 0 Å². The molecule has 0 radical (unpaired) electrons. The first-order valence-electron chi connectivity index (χ1n) is 8.56. The number of methoxy groups -OCH3 is 1. The fraction of sp³-hybridized carbons (Fsp3) is 0.316. The molecule has 28 heavy (non-hydrogen) atoms. The molecular formula is C19H23FN2O5S. The smallest absolute Gasteiger partial charge is 0.253 e. The summed E-state index contributed by atoms with van der Waals surface area (Å²) in [6.07, 6.45) is 0. The summed E-state index contributed by atoms with van der Waals surface area (Å²) in [5, 5.41) is 0. The molecule has 1 amide bonds. The highest BCUT2D eigenvalue weighted by molar-refractivity contribution is 7.89. The van der Waals surface area contributed by atoms with Gasteiger partial charge in [-0.25, -0.2) is 17.5 Å². The first-order valence-corrected chi connectivity index (χ1v) is 10.0. The number of ether oxygens (including phenoxy) is 2. The Morgan fingerprint density at radius 1 is 1.11 bits per heavy atom. The van der Waals surface area contributed by atoms with E-state index in [0.29, 0.717) is 5.56 Å². The third-order valence-corrected chi connectivity index (χ3v) is 5.35. The van der Waals surface area contributed by atoms with Crippen molar-refractivity contribution in [2.75, 3.05) is 40.5 Å². The van der Waals surface area contributed by atoms with Crippen molar-refractivity contribution in [1.29, 1.82) is 0 Å². The molecule has 7 nitrogen and oxygen atoms in total. The van der Waals surface area contributed by atoms with E-state index in [1.54, 1.807) is 19.2 Å². The molecule has 2 rings (SSSR count). The maximum absolute atomic E-state index is 13.5. The summed E-state index contributed by atoms with van der Waals surface area (Å²) in [6.45, 7) is 0.782. The average molecular weight is 410 g/mol. The van der Waals surface area contributed by atoms with Crippen LogP contribution in [0.25, 0.3) is 0 Å². The molecule has 0 unspecified atom stereocenters. The van der Waals surface area contributed by atoms with Gasteiger partial charge in [-0.1, -0.05) is 12.1 Å². The molecule has 0 aliphatic carbocycles. The monoisotopic (exact) mass is 410 g/mol. The van der Waals surface area contributed by atoms with Crippen LogP contribution in [0.4, 0.5) is 4.39 Å². The number of hydrogen-bond acceptors (Lipinski definition) is 5. The fourth-order valence-electron chi connectivity index (χ4n) is 2.31. The topological polar surface area (TPSA) is 84.9 Å². The lowest BCUT2D eigenvalue weighted by Gasteiger charge is -2.18. The van der Waals surface area contributed by atoms with Gasteiger partial charge in [0.15, 0.2) is 11.6 Å². The van der Waals surface area contributed by atoms with Crippen LogP contribution in [0.5, 0.6) is 5.75 Å².